The van der Waals surface area contributed by atoms with Gasteiger partial charge < -0.3 is 5.11 Å². The van der Waals surface area contributed by atoms with Crippen LogP contribution in [0.5, 0.6) is 0 Å². The maximum Gasteiger partial charge on any atom is 0.262 e. The van der Waals surface area contributed by atoms with Crippen molar-refractivity contribution in [3.63, 3.8) is 0 Å². The zero-order valence-electron chi connectivity index (χ0n) is 10.6. The van der Waals surface area contributed by atoms with Gasteiger partial charge in [-0.2, -0.15) is 0 Å². The van der Waals surface area contributed by atoms with E-state index in [-0.39, 0.29) is 10.9 Å². The van der Waals surface area contributed by atoms with Crippen molar-refractivity contribution in [2.45, 2.75) is 43.0 Å². The van der Waals surface area contributed by atoms with Crippen molar-refractivity contribution in [2.75, 3.05) is 0 Å². The van der Waals surface area contributed by atoms with E-state index in [1.807, 2.05) is 4.72 Å². The molecule has 0 atom stereocenters. The Morgan fingerprint density at radius 3 is 2.42 bits per heavy atom. The van der Waals surface area contributed by atoms with Crippen LogP contribution in [0.15, 0.2) is 40.2 Å². The number of nitrogens with zero attached hydrogens (tertiary/aromatic N) is 1. The van der Waals surface area contributed by atoms with Crippen LogP contribution in [0.2, 0.25) is 0 Å². The average Bonchev–Trinajstić information content (AvgIpc) is 2.40. The summed E-state index contributed by atoms with van der Waals surface area (Å²) in [5.74, 6) is 0. The topological polar surface area (TPSA) is 81.6 Å². The summed E-state index contributed by atoms with van der Waals surface area (Å²) in [7, 11) is -3.80. The number of hydrogen-bond donors (Lipinski definition) is 1. The van der Waals surface area contributed by atoms with Gasteiger partial charge in [-0.1, -0.05) is 37.5 Å². The minimum atomic E-state index is -3.80. The van der Waals surface area contributed by atoms with Crippen LogP contribution >= 0.6 is 0 Å². The number of aliphatic imine (C=N–C) groups is 1. The molecule has 1 aromatic rings. The molecule has 19 heavy (non-hydrogen) atoms. The molecule has 2 rings (SSSR count). The van der Waals surface area contributed by atoms with Crippen molar-refractivity contribution in [1.29, 1.82) is 0 Å². The lowest BCUT2D eigenvalue weighted by molar-refractivity contribution is -0.220. The van der Waals surface area contributed by atoms with E-state index in [1.54, 1.807) is 18.2 Å². The highest BCUT2D eigenvalue weighted by atomic mass is 32.2. The predicted molar refractivity (Wildman–Crippen MR) is 71.1 cm³/mol. The quantitative estimate of drug-likeness (QED) is 0.663. The Labute approximate surface area is 113 Å². The first-order chi connectivity index (χ1) is 9.08. The summed E-state index contributed by atoms with van der Waals surface area (Å²) in [4.78, 5) is 3.99. The van der Waals surface area contributed by atoms with Gasteiger partial charge in [0.25, 0.3) is 10.0 Å². The molecule has 6 heteroatoms. The lowest BCUT2D eigenvalue weighted by atomic mass is 9.96. The predicted octanol–water partition coefficient (Wildman–Crippen LogP) is 1.01. The van der Waals surface area contributed by atoms with Crippen molar-refractivity contribution in [2.24, 2.45) is 4.99 Å². The molecule has 1 N–H and O–H groups in total. The van der Waals surface area contributed by atoms with E-state index in [1.165, 1.54) is 12.1 Å². The summed E-state index contributed by atoms with van der Waals surface area (Å²) in [6, 6.07) is 7.00. The molecule has 104 valence electrons. The van der Waals surface area contributed by atoms with Crippen LogP contribution in [0.25, 0.3) is 0 Å². The summed E-state index contributed by atoms with van der Waals surface area (Å²) in [6.45, 7) is 0. The van der Waals surface area contributed by atoms with Crippen LogP contribution in [-0.2, 0) is 10.0 Å². The van der Waals surface area contributed by atoms with Gasteiger partial charge in [0.1, 0.15) is 0 Å². The van der Waals surface area contributed by atoms with E-state index in [0.29, 0.717) is 0 Å². The summed E-state index contributed by atoms with van der Waals surface area (Å²) in [5.41, 5.74) is 0. The fraction of sp³-hybridized carbons (Fsp3) is 0.462. The highest BCUT2D eigenvalue weighted by Crippen LogP contribution is 2.20. The maximum atomic E-state index is 11.9. The minimum Gasteiger partial charge on any atom is -0.846 e. The summed E-state index contributed by atoms with van der Waals surface area (Å²) in [6.07, 6.45) is 4.98. The van der Waals surface area contributed by atoms with E-state index in [4.69, 9.17) is 0 Å². The van der Waals surface area contributed by atoms with Gasteiger partial charge in [-0.3, -0.25) is 9.71 Å². The van der Waals surface area contributed by atoms with Gasteiger partial charge in [-0.05, 0) is 25.0 Å². The highest BCUT2D eigenvalue weighted by molar-refractivity contribution is 7.90. The van der Waals surface area contributed by atoms with Gasteiger partial charge in [0.2, 0.25) is 0 Å². The summed E-state index contributed by atoms with van der Waals surface area (Å²) in [5, 5.41) is 11.6. The first kappa shape index (κ1) is 13.9. The molecule has 1 aliphatic carbocycles. The first-order valence-electron chi connectivity index (χ1n) is 6.40. The number of amidine groups is 1. The van der Waals surface area contributed by atoms with Crippen molar-refractivity contribution in [3.8, 4) is 0 Å². The lowest BCUT2D eigenvalue weighted by Crippen LogP contribution is -2.40. The SMILES string of the molecule is O=S(=O)(NC([O-])=NC1CCCCC1)c1ccccc1. The largest absolute Gasteiger partial charge is 0.846 e. The van der Waals surface area contributed by atoms with Crippen LogP contribution in [0.3, 0.4) is 0 Å². The highest BCUT2D eigenvalue weighted by Gasteiger charge is 2.14. The van der Waals surface area contributed by atoms with Crippen LogP contribution in [0.1, 0.15) is 32.1 Å². The maximum absolute atomic E-state index is 11.9. The van der Waals surface area contributed by atoms with E-state index < -0.39 is 16.0 Å². The Hall–Kier alpha value is -1.56. The number of rotatable bonds is 3. The monoisotopic (exact) mass is 281 g/mol. The molecule has 1 fully saturated rings. The molecular formula is C13H17N2O3S-. The fourth-order valence-electron chi connectivity index (χ4n) is 2.18. The Balaban J connectivity index is 2.05. The van der Waals surface area contributed by atoms with Crippen molar-refractivity contribution < 1.29 is 13.5 Å². The van der Waals surface area contributed by atoms with Gasteiger partial charge in [-0.15, -0.1) is 0 Å². The van der Waals surface area contributed by atoms with Gasteiger partial charge in [0.15, 0.2) is 0 Å². The van der Waals surface area contributed by atoms with Crippen molar-refractivity contribution in [3.05, 3.63) is 30.3 Å². The third kappa shape index (κ3) is 3.96. The molecule has 0 saturated heterocycles. The van der Waals surface area contributed by atoms with Gasteiger partial charge in [0.05, 0.1) is 17.0 Å². The molecule has 0 radical (unpaired) electrons. The Morgan fingerprint density at radius 2 is 1.79 bits per heavy atom. The lowest BCUT2D eigenvalue weighted by Gasteiger charge is -2.21. The number of sulfonamides is 1. The average molecular weight is 281 g/mol. The molecule has 0 aliphatic heterocycles. The normalized spacial score (nSPS) is 18.2. The second kappa shape index (κ2) is 6.06. The Kier molecular flexibility index (Phi) is 4.42. The fourth-order valence-corrected chi connectivity index (χ4v) is 3.09. The van der Waals surface area contributed by atoms with Gasteiger partial charge in [-0.25, -0.2) is 8.42 Å². The van der Waals surface area contributed by atoms with Crippen LogP contribution in [0, 0.1) is 0 Å². The van der Waals surface area contributed by atoms with Crippen LogP contribution in [-0.4, -0.2) is 20.5 Å². The number of hydrogen-bond acceptors (Lipinski definition) is 4. The van der Waals surface area contributed by atoms with Crippen molar-refractivity contribution in [1.82, 2.24) is 4.72 Å². The van der Waals surface area contributed by atoms with Crippen LogP contribution in [0.4, 0.5) is 0 Å². The van der Waals surface area contributed by atoms with E-state index >= 15 is 0 Å². The number of nitrogens with one attached hydrogen (secondary N) is 1. The second-order valence-electron chi connectivity index (χ2n) is 4.64. The molecule has 0 amide bonds. The third-order valence-corrected chi connectivity index (χ3v) is 4.49. The molecule has 0 heterocycles. The molecule has 0 spiro atoms. The van der Waals surface area contributed by atoms with E-state index in [9.17, 15) is 13.5 Å². The molecule has 5 nitrogen and oxygen atoms in total. The molecule has 1 saturated carbocycles. The van der Waals surface area contributed by atoms with E-state index in [0.717, 1.165) is 32.1 Å². The standard InChI is InChI=1S/C13H18N2O3S/c16-13(14-11-7-3-1-4-8-11)15-19(17,18)12-9-5-2-6-10-12/h2,5-6,9-11H,1,3-4,7-8H2,(H2,14,15,16)/p-1. The smallest absolute Gasteiger partial charge is 0.262 e. The molecule has 0 bridgehead atoms. The summed E-state index contributed by atoms with van der Waals surface area (Å²) < 4.78 is 25.8. The van der Waals surface area contributed by atoms with Gasteiger partial charge >= 0.3 is 0 Å². The summed E-state index contributed by atoms with van der Waals surface area (Å²) >= 11 is 0. The Bertz CT molecular complexity index is 534. The minimum absolute atomic E-state index is 0.0419. The molecule has 1 aliphatic rings. The molecule has 1 aromatic carbocycles. The molecule has 0 aromatic heterocycles. The van der Waals surface area contributed by atoms with Crippen molar-refractivity contribution >= 4 is 16.0 Å². The van der Waals surface area contributed by atoms with Crippen LogP contribution < -0.4 is 9.83 Å². The molecule has 0 unspecified atom stereocenters. The van der Waals surface area contributed by atoms with Gasteiger partial charge in [0, 0.05) is 0 Å². The third-order valence-electron chi connectivity index (χ3n) is 3.15. The number of benzene rings is 1. The first-order valence-corrected chi connectivity index (χ1v) is 7.89. The zero-order valence-corrected chi connectivity index (χ0v) is 11.4. The Morgan fingerprint density at radius 1 is 1.16 bits per heavy atom. The van der Waals surface area contributed by atoms with E-state index in [2.05, 4.69) is 4.99 Å². The second-order valence-corrected chi connectivity index (χ2v) is 6.33. The zero-order chi connectivity index (χ0) is 13.7. The molecular weight excluding hydrogens is 264 g/mol.